The number of nitro benzene ring substituents is 1. The number of hydrogen-bond acceptors (Lipinski definition) is 3. The van der Waals surface area contributed by atoms with E-state index in [9.17, 15) is 10.1 Å². The van der Waals surface area contributed by atoms with E-state index >= 15 is 0 Å². The molecule has 0 amide bonds. The third-order valence-corrected chi connectivity index (χ3v) is 1.70. The molecule has 1 aromatic carbocycles. The van der Waals surface area contributed by atoms with Crippen molar-refractivity contribution in [3.8, 4) is 6.07 Å². The number of non-ortho nitro benzene ring substituents is 1. The van der Waals surface area contributed by atoms with Crippen LogP contribution in [0.4, 0.5) is 5.69 Å². The van der Waals surface area contributed by atoms with Crippen molar-refractivity contribution in [3.63, 3.8) is 0 Å². The van der Waals surface area contributed by atoms with Gasteiger partial charge < -0.3 is 0 Å². The highest BCUT2D eigenvalue weighted by atomic mass is 35.5. The van der Waals surface area contributed by atoms with E-state index in [2.05, 4.69) is 0 Å². The Balaban J connectivity index is 2.96. The summed E-state index contributed by atoms with van der Waals surface area (Å²) in [6.07, 6.45) is 1.44. The van der Waals surface area contributed by atoms with E-state index in [0.29, 0.717) is 5.56 Å². The SMILES string of the molecule is N#C/C(Cl)=C\c1ccc([N+](=O)[O-])cc1. The largest absolute Gasteiger partial charge is 0.269 e. The summed E-state index contributed by atoms with van der Waals surface area (Å²) in [4.78, 5) is 9.82. The molecule has 0 spiro atoms. The molecule has 70 valence electrons. The van der Waals surface area contributed by atoms with Gasteiger partial charge in [-0.25, -0.2) is 0 Å². The average molecular weight is 209 g/mol. The van der Waals surface area contributed by atoms with Crippen LogP contribution in [0.5, 0.6) is 0 Å². The summed E-state index contributed by atoms with van der Waals surface area (Å²) in [5.74, 6) is 0. The molecule has 0 radical (unpaired) electrons. The highest BCUT2D eigenvalue weighted by Gasteiger charge is 2.02. The minimum Gasteiger partial charge on any atom is -0.258 e. The fourth-order valence-electron chi connectivity index (χ4n) is 0.871. The van der Waals surface area contributed by atoms with Crippen LogP contribution >= 0.6 is 11.6 Å². The molecule has 1 aromatic rings. The van der Waals surface area contributed by atoms with Crippen LogP contribution in [-0.4, -0.2) is 4.92 Å². The van der Waals surface area contributed by atoms with Gasteiger partial charge in [-0.15, -0.1) is 0 Å². The van der Waals surface area contributed by atoms with Crippen LogP contribution in [0.15, 0.2) is 29.3 Å². The number of halogens is 1. The van der Waals surface area contributed by atoms with Gasteiger partial charge in [0.15, 0.2) is 0 Å². The zero-order chi connectivity index (χ0) is 10.6. The Morgan fingerprint density at radius 2 is 2.07 bits per heavy atom. The van der Waals surface area contributed by atoms with Crippen LogP contribution in [0.1, 0.15) is 5.56 Å². The summed E-state index contributed by atoms with van der Waals surface area (Å²) in [5, 5.41) is 18.7. The molecule has 0 aromatic heterocycles. The van der Waals surface area contributed by atoms with Crippen molar-refractivity contribution >= 4 is 23.4 Å². The Hall–Kier alpha value is -1.86. The summed E-state index contributed by atoms with van der Waals surface area (Å²) in [5.41, 5.74) is 0.664. The summed E-state index contributed by atoms with van der Waals surface area (Å²) in [6, 6.07) is 7.50. The van der Waals surface area contributed by atoms with Crippen LogP contribution in [0.2, 0.25) is 0 Å². The molecule has 0 aliphatic rings. The van der Waals surface area contributed by atoms with Crippen molar-refractivity contribution in [2.24, 2.45) is 0 Å². The van der Waals surface area contributed by atoms with E-state index in [0.717, 1.165) is 0 Å². The van der Waals surface area contributed by atoms with E-state index < -0.39 is 4.92 Å². The average Bonchev–Trinajstić information content (AvgIpc) is 2.18. The van der Waals surface area contributed by atoms with Crippen LogP contribution < -0.4 is 0 Å². The minimum absolute atomic E-state index is 0.00947. The topological polar surface area (TPSA) is 66.9 Å². The lowest BCUT2D eigenvalue weighted by atomic mass is 10.2. The second-order valence-electron chi connectivity index (χ2n) is 2.45. The van der Waals surface area contributed by atoms with Crippen molar-refractivity contribution in [2.45, 2.75) is 0 Å². The first kappa shape index (κ1) is 10.2. The lowest BCUT2D eigenvalue weighted by Crippen LogP contribution is -1.86. The van der Waals surface area contributed by atoms with Crippen LogP contribution in [0.25, 0.3) is 6.08 Å². The fourth-order valence-corrected chi connectivity index (χ4v) is 0.997. The van der Waals surface area contributed by atoms with Crippen molar-refractivity contribution in [3.05, 3.63) is 45.0 Å². The second-order valence-corrected chi connectivity index (χ2v) is 2.86. The third-order valence-electron chi connectivity index (χ3n) is 1.50. The van der Waals surface area contributed by atoms with Crippen LogP contribution in [0, 0.1) is 21.4 Å². The Morgan fingerprint density at radius 1 is 1.50 bits per heavy atom. The molecular weight excluding hydrogens is 204 g/mol. The van der Waals surface area contributed by atoms with E-state index in [1.807, 2.05) is 0 Å². The molecule has 0 saturated heterocycles. The first-order valence-electron chi connectivity index (χ1n) is 3.65. The molecule has 4 nitrogen and oxygen atoms in total. The Morgan fingerprint density at radius 3 is 2.50 bits per heavy atom. The summed E-state index contributed by atoms with van der Waals surface area (Å²) in [7, 11) is 0. The molecule has 0 aliphatic carbocycles. The maximum absolute atomic E-state index is 10.3. The molecule has 0 unspecified atom stereocenters. The van der Waals surface area contributed by atoms with Gasteiger partial charge in [-0.1, -0.05) is 11.6 Å². The molecule has 0 fully saturated rings. The summed E-state index contributed by atoms with van der Waals surface area (Å²) in [6.45, 7) is 0. The van der Waals surface area contributed by atoms with Crippen LogP contribution in [0.3, 0.4) is 0 Å². The highest BCUT2D eigenvalue weighted by molar-refractivity contribution is 6.33. The quantitative estimate of drug-likeness (QED) is 0.426. The molecule has 0 heterocycles. The van der Waals surface area contributed by atoms with Gasteiger partial charge in [0.05, 0.1) is 4.92 Å². The molecule has 0 atom stereocenters. The number of nitriles is 1. The Bertz CT molecular complexity index is 417. The molecule has 14 heavy (non-hydrogen) atoms. The van der Waals surface area contributed by atoms with Gasteiger partial charge in [-0.3, -0.25) is 10.1 Å². The predicted octanol–water partition coefficient (Wildman–Crippen LogP) is 2.70. The van der Waals surface area contributed by atoms with Gasteiger partial charge in [-0.05, 0) is 23.8 Å². The number of nitro groups is 1. The number of allylic oxidation sites excluding steroid dienone is 1. The van der Waals surface area contributed by atoms with E-state index in [1.54, 1.807) is 6.07 Å². The molecule has 0 N–H and O–H groups in total. The van der Waals surface area contributed by atoms with E-state index in [1.165, 1.54) is 30.3 Å². The lowest BCUT2D eigenvalue weighted by molar-refractivity contribution is -0.384. The third kappa shape index (κ3) is 2.57. The normalized spacial score (nSPS) is 10.7. The van der Waals surface area contributed by atoms with Crippen molar-refractivity contribution in [1.82, 2.24) is 0 Å². The van der Waals surface area contributed by atoms with Crippen LogP contribution in [-0.2, 0) is 0 Å². The molecular formula is C9H5ClN2O2. The number of hydrogen-bond donors (Lipinski definition) is 0. The molecule has 5 heteroatoms. The number of nitrogens with zero attached hydrogens (tertiary/aromatic N) is 2. The van der Waals surface area contributed by atoms with Gasteiger partial charge >= 0.3 is 0 Å². The fraction of sp³-hybridized carbons (Fsp3) is 0. The Kier molecular flexibility index (Phi) is 3.21. The Labute approximate surface area is 85.2 Å². The molecule has 1 rings (SSSR count). The zero-order valence-electron chi connectivity index (χ0n) is 6.98. The highest BCUT2D eigenvalue weighted by Crippen LogP contribution is 2.15. The molecule has 0 saturated carbocycles. The van der Waals surface area contributed by atoms with Gasteiger partial charge in [0, 0.05) is 12.1 Å². The number of rotatable bonds is 2. The van der Waals surface area contributed by atoms with Gasteiger partial charge in [-0.2, -0.15) is 5.26 Å². The molecule has 0 bridgehead atoms. The summed E-state index contributed by atoms with van der Waals surface area (Å²) < 4.78 is 0. The number of benzene rings is 1. The van der Waals surface area contributed by atoms with Crippen molar-refractivity contribution in [2.75, 3.05) is 0 Å². The van der Waals surface area contributed by atoms with Gasteiger partial charge in [0.1, 0.15) is 11.1 Å². The lowest BCUT2D eigenvalue weighted by Gasteiger charge is -1.92. The zero-order valence-corrected chi connectivity index (χ0v) is 7.73. The molecule has 0 aliphatic heterocycles. The predicted molar refractivity (Wildman–Crippen MR) is 52.5 cm³/mol. The van der Waals surface area contributed by atoms with Crippen molar-refractivity contribution < 1.29 is 4.92 Å². The van der Waals surface area contributed by atoms with E-state index in [-0.39, 0.29) is 10.7 Å². The smallest absolute Gasteiger partial charge is 0.258 e. The maximum atomic E-state index is 10.3. The monoisotopic (exact) mass is 208 g/mol. The van der Waals surface area contributed by atoms with Crippen molar-refractivity contribution in [1.29, 1.82) is 5.26 Å². The first-order chi connectivity index (χ1) is 6.63. The van der Waals surface area contributed by atoms with E-state index in [4.69, 9.17) is 16.9 Å². The maximum Gasteiger partial charge on any atom is 0.269 e. The standard InChI is InChI=1S/C9H5ClN2O2/c10-8(6-11)5-7-1-3-9(4-2-7)12(13)14/h1-5H/b8-5+. The first-order valence-corrected chi connectivity index (χ1v) is 4.03. The van der Waals surface area contributed by atoms with Gasteiger partial charge in [0.25, 0.3) is 5.69 Å². The summed E-state index contributed by atoms with van der Waals surface area (Å²) >= 11 is 5.47. The minimum atomic E-state index is -0.487. The van der Waals surface area contributed by atoms with Gasteiger partial charge in [0.2, 0.25) is 0 Å². The second kappa shape index (κ2) is 4.40.